The van der Waals surface area contributed by atoms with Gasteiger partial charge in [0.2, 0.25) is 0 Å². The molecular formula is C20H28N6O. The molecule has 4 rings (SSSR count). The molecule has 0 spiro atoms. The van der Waals surface area contributed by atoms with Crippen LogP contribution < -0.4 is 11.1 Å². The number of fused-ring (bicyclic) bond motifs is 1. The van der Waals surface area contributed by atoms with Gasteiger partial charge in [-0.15, -0.1) is 0 Å². The summed E-state index contributed by atoms with van der Waals surface area (Å²) in [7, 11) is 1.95. The van der Waals surface area contributed by atoms with E-state index in [1.165, 1.54) is 19.3 Å². The van der Waals surface area contributed by atoms with Gasteiger partial charge in [0.15, 0.2) is 11.5 Å². The molecular weight excluding hydrogens is 340 g/mol. The van der Waals surface area contributed by atoms with Gasteiger partial charge in [0.1, 0.15) is 5.76 Å². The zero-order valence-corrected chi connectivity index (χ0v) is 16.3. The number of hydrogen-bond acceptors (Lipinski definition) is 6. The fourth-order valence-corrected chi connectivity index (χ4v) is 3.98. The van der Waals surface area contributed by atoms with E-state index in [4.69, 9.17) is 15.2 Å². The number of hydrogen-bond donors (Lipinski definition) is 2. The first kappa shape index (κ1) is 18.0. The van der Waals surface area contributed by atoms with E-state index in [0.29, 0.717) is 13.1 Å². The van der Waals surface area contributed by atoms with Gasteiger partial charge in [0, 0.05) is 37.5 Å². The molecule has 1 aliphatic rings. The molecule has 0 amide bonds. The Kier molecular flexibility index (Phi) is 4.86. The summed E-state index contributed by atoms with van der Waals surface area (Å²) < 4.78 is 7.02. The lowest BCUT2D eigenvalue weighted by Gasteiger charge is -2.29. The van der Waals surface area contributed by atoms with Crippen molar-refractivity contribution in [2.75, 3.05) is 11.9 Å². The van der Waals surface area contributed by atoms with Gasteiger partial charge in [-0.25, -0.2) is 4.98 Å². The Bertz CT molecular complexity index is 939. The quantitative estimate of drug-likeness (QED) is 0.663. The predicted octanol–water partition coefficient (Wildman–Crippen LogP) is 3.42. The van der Waals surface area contributed by atoms with Gasteiger partial charge in [-0.05, 0) is 37.8 Å². The highest BCUT2D eigenvalue weighted by molar-refractivity contribution is 5.79. The molecule has 1 atom stereocenters. The van der Waals surface area contributed by atoms with Crippen LogP contribution in [0.4, 0.5) is 5.82 Å². The number of nitrogens with one attached hydrogen (secondary N) is 1. The molecule has 1 fully saturated rings. The second kappa shape index (κ2) is 7.31. The van der Waals surface area contributed by atoms with E-state index in [0.717, 1.165) is 51.9 Å². The third kappa shape index (κ3) is 3.56. The highest BCUT2D eigenvalue weighted by Gasteiger charge is 2.26. The molecule has 0 bridgehead atoms. The van der Waals surface area contributed by atoms with Gasteiger partial charge in [0.05, 0.1) is 11.4 Å². The number of anilines is 1. The highest BCUT2D eigenvalue weighted by Crippen LogP contribution is 2.36. The van der Waals surface area contributed by atoms with E-state index in [1.54, 1.807) is 0 Å². The molecule has 0 aromatic carbocycles. The Morgan fingerprint density at radius 1 is 1.33 bits per heavy atom. The van der Waals surface area contributed by atoms with E-state index in [-0.39, 0.29) is 5.92 Å². The van der Waals surface area contributed by atoms with E-state index >= 15 is 0 Å². The molecule has 27 heavy (non-hydrogen) atoms. The Hall–Kier alpha value is -2.41. The maximum Gasteiger partial charge on any atom is 0.169 e. The fourth-order valence-electron chi connectivity index (χ4n) is 3.98. The Morgan fingerprint density at radius 2 is 2.15 bits per heavy atom. The minimum Gasteiger partial charge on any atom is -0.363 e. The average Bonchev–Trinajstić information content (AvgIpc) is 3.15. The molecule has 3 aromatic rings. The molecule has 7 heteroatoms. The van der Waals surface area contributed by atoms with Gasteiger partial charge < -0.3 is 15.6 Å². The van der Waals surface area contributed by atoms with Gasteiger partial charge >= 0.3 is 0 Å². The fraction of sp³-hybridized carbons (Fsp3) is 0.550. The van der Waals surface area contributed by atoms with Crippen molar-refractivity contribution in [1.82, 2.24) is 19.9 Å². The largest absolute Gasteiger partial charge is 0.363 e. The molecule has 144 valence electrons. The van der Waals surface area contributed by atoms with E-state index < -0.39 is 0 Å². The number of nitrogens with two attached hydrogens (primary N) is 1. The van der Waals surface area contributed by atoms with E-state index in [1.807, 2.05) is 31.6 Å². The Morgan fingerprint density at radius 3 is 2.78 bits per heavy atom. The van der Waals surface area contributed by atoms with E-state index in [2.05, 4.69) is 21.6 Å². The summed E-state index contributed by atoms with van der Waals surface area (Å²) >= 11 is 0. The SMILES string of the molecule is Cc1cc(NCc2cc3c(C)nn(C)c3nc2C(CN)CC2CCC2)no1. The van der Waals surface area contributed by atoms with Gasteiger partial charge in [-0.1, -0.05) is 24.4 Å². The average molecular weight is 368 g/mol. The summed E-state index contributed by atoms with van der Waals surface area (Å²) in [5.74, 6) is 2.58. The van der Waals surface area contributed by atoms with Crippen LogP contribution in [-0.4, -0.2) is 26.5 Å². The minimum absolute atomic E-state index is 0.269. The van der Waals surface area contributed by atoms with Crippen LogP contribution in [-0.2, 0) is 13.6 Å². The molecule has 3 heterocycles. The lowest BCUT2D eigenvalue weighted by atomic mass is 9.77. The van der Waals surface area contributed by atoms with Gasteiger partial charge in [0.25, 0.3) is 0 Å². The highest BCUT2D eigenvalue weighted by atomic mass is 16.5. The number of aromatic nitrogens is 4. The molecule has 0 aliphatic heterocycles. The topological polar surface area (TPSA) is 94.8 Å². The smallest absolute Gasteiger partial charge is 0.169 e. The van der Waals surface area contributed by atoms with Crippen molar-refractivity contribution in [2.24, 2.45) is 18.7 Å². The number of nitrogens with zero attached hydrogens (tertiary/aromatic N) is 4. The minimum atomic E-state index is 0.269. The predicted molar refractivity (Wildman–Crippen MR) is 106 cm³/mol. The zero-order valence-electron chi connectivity index (χ0n) is 16.3. The summed E-state index contributed by atoms with van der Waals surface area (Å²) in [6.07, 6.45) is 5.09. The molecule has 7 nitrogen and oxygen atoms in total. The molecule has 0 saturated heterocycles. The first-order chi connectivity index (χ1) is 13.0. The van der Waals surface area contributed by atoms with Crippen LogP contribution in [0, 0.1) is 19.8 Å². The van der Waals surface area contributed by atoms with Crippen LogP contribution in [0.5, 0.6) is 0 Å². The van der Waals surface area contributed by atoms with Crippen molar-refractivity contribution < 1.29 is 4.52 Å². The van der Waals surface area contributed by atoms with Crippen LogP contribution in [0.3, 0.4) is 0 Å². The molecule has 1 aliphatic carbocycles. The summed E-state index contributed by atoms with van der Waals surface area (Å²) in [6.45, 7) is 5.16. The third-order valence-corrected chi connectivity index (χ3v) is 5.71. The van der Waals surface area contributed by atoms with Gasteiger partial charge in [-0.3, -0.25) is 4.68 Å². The van der Waals surface area contributed by atoms with E-state index in [9.17, 15) is 0 Å². The number of pyridine rings is 1. The second-order valence-electron chi connectivity index (χ2n) is 7.75. The van der Waals surface area contributed by atoms with Crippen molar-refractivity contribution in [3.05, 3.63) is 34.8 Å². The number of aryl methyl sites for hydroxylation is 3. The molecule has 1 unspecified atom stereocenters. The van der Waals surface area contributed by atoms with Crippen molar-refractivity contribution >= 4 is 16.9 Å². The van der Waals surface area contributed by atoms with Crippen LogP contribution in [0.15, 0.2) is 16.7 Å². The number of rotatable bonds is 7. The lowest BCUT2D eigenvalue weighted by Crippen LogP contribution is -2.23. The normalized spacial score (nSPS) is 15.9. The van der Waals surface area contributed by atoms with Crippen LogP contribution >= 0.6 is 0 Å². The first-order valence-electron chi connectivity index (χ1n) is 9.75. The maximum absolute atomic E-state index is 6.19. The molecule has 3 aromatic heterocycles. The second-order valence-corrected chi connectivity index (χ2v) is 7.75. The van der Waals surface area contributed by atoms with Crippen LogP contribution in [0.25, 0.3) is 11.0 Å². The monoisotopic (exact) mass is 368 g/mol. The molecule has 1 saturated carbocycles. The summed E-state index contributed by atoms with van der Waals surface area (Å²) in [5, 5.41) is 13.0. The van der Waals surface area contributed by atoms with Crippen molar-refractivity contribution in [1.29, 1.82) is 0 Å². The standard InChI is InChI=1S/C20H28N6O/c1-12-7-18(25-27-12)22-11-16-9-17-13(2)24-26(3)20(17)23-19(16)15(10-21)8-14-5-4-6-14/h7,9,14-15H,4-6,8,10-11,21H2,1-3H3,(H,22,25). The van der Waals surface area contributed by atoms with Crippen molar-refractivity contribution in [3.8, 4) is 0 Å². The zero-order chi connectivity index (χ0) is 19.0. The van der Waals surface area contributed by atoms with Crippen molar-refractivity contribution in [2.45, 2.75) is 52.0 Å². The maximum atomic E-state index is 6.19. The summed E-state index contributed by atoms with van der Waals surface area (Å²) in [4.78, 5) is 5.03. The summed E-state index contributed by atoms with van der Waals surface area (Å²) in [6, 6.07) is 4.11. The first-order valence-corrected chi connectivity index (χ1v) is 9.75. The van der Waals surface area contributed by atoms with Crippen molar-refractivity contribution in [3.63, 3.8) is 0 Å². The summed E-state index contributed by atoms with van der Waals surface area (Å²) in [5.41, 5.74) is 10.4. The Balaban J connectivity index is 1.69. The molecule has 3 N–H and O–H groups in total. The third-order valence-electron chi connectivity index (χ3n) is 5.71. The van der Waals surface area contributed by atoms with Crippen LogP contribution in [0.2, 0.25) is 0 Å². The Labute approximate surface area is 159 Å². The molecule has 0 radical (unpaired) electrons. The van der Waals surface area contributed by atoms with Crippen LogP contribution in [0.1, 0.15) is 54.3 Å². The van der Waals surface area contributed by atoms with Gasteiger partial charge in [-0.2, -0.15) is 5.10 Å². The lowest BCUT2D eigenvalue weighted by molar-refractivity contribution is 0.275.